The second-order valence-corrected chi connectivity index (χ2v) is 3.70. The Morgan fingerprint density at radius 2 is 1.50 bits per heavy atom. The zero-order chi connectivity index (χ0) is 10.6. The summed E-state index contributed by atoms with van der Waals surface area (Å²) in [6.07, 6.45) is 11.5. The van der Waals surface area contributed by atoms with E-state index < -0.39 is 0 Å². The van der Waals surface area contributed by atoms with Crippen LogP contribution in [-0.4, -0.2) is 16.8 Å². The molecule has 0 aliphatic heterocycles. The standard InChI is InChI=1S/C11H22N2O/c1-2-3-4-5-6-7-8-9-10-13(14)11-12/h14H,2-10H2,1H3. The number of nitriles is 1. The van der Waals surface area contributed by atoms with Crippen molar-refractivity contribution in [3.8, 4) is 6.19 Å². The van der Waals surface area contributed by atoms with Gasteiger partial charge in [0.2, 0.25) is 6.19 Å². The minimum absolute atomic E-state index is 0.478. The molecule has 0 radical (unpaired) electrons. The van der Waals surface area contributed by atoms with Gasteiger partial charge in [-0.2, -0.15) is 10.3 Å². The second kappa shape index (κ2) is 10.3. The summed E-state index contributed by atoms with van der Waals surface area (Å²) in [6, 6.07) is 0. The molecule has 0 aromatic carbocycles. The summed E-state index contributed by atoms with van der Waals surface area (Å²) in [5.41, 5.74) is 0. The van der Waals surface area contributed by atoms with Crippen LogP contribution >= 0.6 is 0 Å². The van der Waals surface area contributed by atoms with Crippen LogP contribution in [0.5, 0.6) is 0 Å². The van der Waals surface area contributed by atoms with Crippen LogP contribution in [0.25, 0.3) is 0 Å². The largest absolute Gasteiger partial charge is 0.279 e. The molecular formula is C11H22N2O. The SMILES string of the molecule is CCCCCCCCCCN(O)C#N. The van der Waals surface area contributed by atoms with Crippen molar-refractivity contribution in [1.82, 2.24) is 5.06 Å². The maximum atomic E-state index is 8.80. The summed E-state index contributed by atoms with van der Waals surface area (Å²) in [7, 11) is 0. The number of hydroxylamine groups is 2. The molecule has 0 spiro atoms. The third kappa shape index (κ3) is 9.34. The van der Waals surface area contributed by atoms with Crippen molar-refractivity contribution in [2.24, 2.45) is 0 Å². The maximum Gasteiger partial charge on any atom is 0.205 e. The molecule has 0 saturated heterocycles. The number of hydrogen-bond donors (Lipinski definition) is 1. The molecule has 82 valence electrons. The minimum atomic E-state index is 0.478. The fourth-order valence-electron chi connectivity index (χ4n) is 1.45. The van der Waals surface area contributed by atoms with Crippen molar-refractivity contribution >= 4 is 0 Å². The molecular weight excluding hydrogens is 176 g/mol. The Kier molecular flexibility index (Phi) is 9.78. The predicted octanol–water partition coefficient (Wildman–Crippen LogP) is 3.30. The summed E-state index contributed by atoms with van der Waals surface area (Å²) < 4.78 is 0. The molecule has 0 fully saturated rings. The van der Waals surface area contributed by atoms with Crippen LogP contribution in [0, 0.1) is 11.5 Å². The van der Waals surface area contributed by atoms with Gasteiger partial charge in [-0.1, -0.05) is 51.9 Å². The van der Waals surface area contributed by atoms with Gasteiger partial charge >= 0.3 is 0 Å². The molecule has 0 rings (SSSR count). The van der Waals surface area contributed by atoms with Crippen LogP contribution < -0.4 is 0 Å². The zero-order valence-corrected chi connectivity index (χ0v) is 9.21. The van der Waals surface area contributed by atoms with Crippen molar-refractivity contribution in [2.45, 2.75) is 58.3 Å². The summed E-state index contributed by atoms with van der Waals surface area (Å²) in [5.74, 6) is 0. The van der Waals surface area contributed by atoms with E-state index in [-0.39, 0.29) is 0 Å². The molecule has 0 aromatic rings. The van der Waals surface area contributed by atoms with Gasteiger partial charge in [0.15, 0.2) is 0 Å². The lowest BCUT2D eigenvalue weighted by Gasteiger charge is -2.05. The number of unbranched alkanes of at least 4 members (excludes halogenated alkanes) is 7. The molecule has 0 aliphatic carbocycles. The molecule has 0 aliphatic rings. The Labute approximate surface area is 87.3 Å². The molecule has 3 nitrogen and oxygen atoms in total. The number of nitrogens with zero attached hydrogens (tertiary/aromatic N) is 2. The van der Waals surface area contributed by atoms with Gasteiger partial charge in [0, 0.05) is 0 Å². The van der Waals surface area contributed by atoms with Crippen LogP contribution in [0.3, 0.4) is 0 Å². The zero-order valence-electron chi connectivity index (χ0n) is 9.21. The topological polar surface area (TPSA) is 47.3 Å². The first-order valence-electron chi connectivity index (χ1n) is 5.67. The molecule has 0 saturated carbocycles. The Balaban J connectivity index is 2.96. The molecule has 1 N–H and O–H groups in total. The minimum Gasteiger partial charge on any atom is -0.279 e. The van der Waals surface area contributed by atoms with Gasteiger partial charge in [-0.15, -0.1) is 0 Å². The monoisotopic (exact) mass is 198 g/mol. The van der Waals surface area contributed by atoms with Crippen LogP contribution in [0.15, 0.2) is 0 Å². The van der Waals surface area contributed by atoms with Crippen LogP contribution in [-0.2, 0) is 0 Å². The molecule has 0 unspecified atom stereocenters. The number of hydrogen-bond acceptors (Lipinski definition) is 3. The second-order valence-electron chi connectivity index (χ2n) is 3.70. The number of rotatable bonds is 9. The van der Waals surface area contributed by atoms with Crippen LogP contribution in [0.4, 0.5) is 0 Å². The van der Waals surface area contributed by atoms with Gasteiger partial charge in [0.1, 0.15) is 0 Å². The summed E-state index contributed by atoms with van der Waals surface area (Å²) >= 11 is 0. The summed E-state index contributed by atoms with van der Waals surface area (Å²) in [4.78, 5) is 0. The van der Waals surface area contributed by atoms with E-state index in [0.717, 1.165) is 12.8 Å². The Morgan fingerprint density at radius 1 is 1.00 bits per heavy atom. The van der Waals surface area contributed by atoms with Crippen molar-refractivity contribution in [3.05, 3.63) is 0 Å². The molecule has 0 amide bonds. The normalized spacial score (nSPS) is 9.79. The molecule has 14 heavy (non-hydrogen) atoms. The molecule has 0 atom stereocenters. The fraction of sp³-hybridized carbons (Fsp3) is 0.909. The van der Waals surface area contributed by atoms with Gasteiger partial charge in [-0.05, 0) is 6.42 Å². The highest BCUT2D eigenvalue weighted by Gasteiger charge is 1.95. The van der Waals surface area contributed by atoms with Gasteiger partial charge in [-0.25, -0.2) is 0 Å². The van der Waals surface area contributed by atoms with Crippen molar-refractivity contribution in [2.75, 3.05) is 6.54 Å². The van der Waals surface area contributed by atoms with Gasteiger partial charge in [0.25, 0.3) is 0 Å². The van der Waals surface area contributed by atoms with Gasteiger partial charge in [0.05, 0.1) is 6.54 Å². The van der Waals surface area contributed by atoms with E-state index in [1.54, 1.807) is 6.19 Å². The fourth-order valence-corrected chi connectivity index (χ4v) is 1.45. The molecule has 0 bridgehead atoms. The predicted molar refractivity (Wildman–Crippen MR) is 56.7 cm³/mol. The molecule has 0 heterocycles. The van der Waals surface area contributed by atoms with E-state index in [9.17, 15) is 0 Å². The van der Waals surface area contributed by atoms with Gasteiger partial charge in [-0.3, -0.25) is 5.21 Å². The lowest BCUT2D eigenvalue weighted by molar-refractivity contribution is -0.0317. The molecule has 3 heteroatoms. The maximum absolute atomic E-state index is 8.80. The smallest absolute Gasteiger partial charge is 0.205 e. The van der Waals surface area contributed by atoms with E-state index in [1.165, 1.54) is 38.5 Å². The van der Waals surface area contributed by atoms with Crippen molar-refractivity contribution < 1.29 is 5.21 Å². The third-order valence-electron chi connectivity index (χ3n) is 2.34. The first-order valence-corrected chi connectivity index (χ1v) is 5.67. The highest BCUT2D eigenvalue weighted by atomic mass is 16.5. The summed E-state index contributed by atoms with van der Waals surface area (Å²) in [5, 5.41) is 17.8. The summed E-state index contributed by atoms with van der Waals surface area (Å²) in [6.45, 7) is 2.70. The van der Waals surface area contributed by atoms with Gasteiger partial charge < -0.3 is 0 Å². The van der Waals surface area contributed by atoms with E-state index in [4.69, 9.17) is 10.5 Å². The third-order valence-corrected chi connectivity index (χ3v) is 2.34. The first kappa shape index (κ1) is 13.2. The van der Waals surface area contributed by atoms with Crippen LogP contribution in [0.1, 0.15) is 58.3 Å². The van der Waals surface area contributed by atoms with E-state index in [0.29, 0.717) is 11.6 Å². The Morgan fingerprint density at radius 3 is 2.00 bits per heavy atom. The van der Waals surface area contributed by atoms with Crippen molar-refractivity contribution in [1.29, 1.82) is 5.26 Å². The Bertz CT molecular complexity index is 154. The van der Waals surface area contributed by atoms with Crippen molar-refractivity contribution in [3.63, 3.8) is 0 Å². The van der Waals surface area contributed by atoms with Crippen LogP contribution in [0.2, 0.25) is 0 Å². The molecule has 0 aromatic heterocycles. The lowest BCUT2D eigenvalue weighted by atomic mass is 10.1. The highest BCUT2D eigenvalue weighted by Crippen LogP contribution is 2.08. The lowest BCUT2D eigenvalue weighted by Crippen LogP contribution is -2.12. The first-order chi connectivity index (χ1) is 6.81. The van der Waals surface area contributed by atoms with E-state index >= 15 is 0 Å². The average Bonchev–Trinajstić information content (AvgIpc) is 2.21. The Hall–Kier alpha value is -0.750. The van der Waals surface area contributed by atoms with E-state index in [2.05, 4.69) is 6.92 Å². The quantitative estimate of drug-likeness (QED) is 0.267. The average molecular weight is 198 g/mol. The highest BCUT2D eigenvalue weighted by molar-refractivity contribution is 4.62. The van der Waals surface area contributed by atoms with E-state index in [1.807, 2.05) is 0 Å².